The Balaban J connectivity index is 1.94. The molecule has 1 aromatic rings. The van der Waals surface area contributed by atoms with E-state index in [0.29, 0.717) is 6.04 Å². The summed E-state index contributed by atoms with van der Waals surface area (Å²) in [5, 5.41) is 3.75. The van der Waals surface area contributed by atoms with Gasteiger partial charge in [0, 0.05) is 18.6 Å². The van der Waals surface area contributed by atoms with Gasteiger partial charge in [0.15, 0.2) is 0 Å². The van der Waals surface area contributed by atoms with Crippen LogP contribution in [-0.4, -0.2) is 32.4 Å². The minimum absolute atomic E-state index is 0.0249. The standard InChI is InChI=1S/C18H25NO2/c1-20-14-6-5-13-11-16-18(21-2)8-4-3-7-17(18,9-10-19-16)15(13)12-14/h5-6,12,16,19H,3-4,7-11H2,1-2H3/t16-,17+,18-/m1/s1. The van der Waals surface area contributed by atoms with Crippen molar-refractivity contribution < 1.29 is 9.47 Å². The molecule has 2 bridgehead atoms. The van der Waals surface area contributed by atoms with E-state index in [1.807, 2.05) is 7.11 Å². The maximum atomic E-state index is 6.27. The zero-order chi connectivity index (χ0) is 14.5. The second-order valence-corrected chi connectivity index (χ2v) is 6.87. The van der Waals surface area contributed by atoms with E-state index in [2.05, 4.69) is 23.5 Å². The topological polar surface area (TPSA) is 30.5 Å². The van der Waals surface area contributed by atoms with Gasteiger partial charge in [-0.3, -0.25) is 0 Å². The van der Waals surface area contributed by atoms with Gasteiger partial charge in [0.1, 0.15) is 5.75 Å². The van der Waals surface area contributed by atoms with Crippen molar-refractivity contribution in [3.63, 3.8) is 0 Å². The van der Waals surface area contributed by atoms with E-state index in [1.165, 1.54) is 43.2 Å². The third-order valence-corrected chi connectivity index (χ3v) is 6.34. The van der Waals surface area contributed by atoms with E-state index in [9.17, 15) is 0 Å². The molecular formula is C18H25NO2. The van der Waals surface area contributed by atoms with Gasteiger partial charge in [-0.05, 0) is 55.5 Å². The van der Waals surface area contributed by atoms with Gasteiger partial charge >= 0.3 is 0 Å². The van der Waals surface area contributed by atoms with E-state index in [1.54, 1.807) is 7.11 Å². The van der Waals surface area contributed by atoms with Crippen molar-refractivity contribution in [2.24, 2.45) is 0 Å². The normalized spacial score (nSPS) is 37.5. The Morgan fingerprint density at radius 3 is 2.81 bits per heavy atom. The molecule has 1 heterocycles. The molecule has 21 heavy (non-hydrogen) atoms. The first-order valence-electron chi connectivity index (χ1n) is 8.22. The predicted molar refractivity (Wildman–Crippen MR) is 83.0 cm³/mol. The van der Waals surface area contributed by atoms with Crippen molar-refractivity contribution in [2.45, 2.75) is 55.6 Å². The first kappa shape index (κ1) is 13.6. The lowest BCUT2D eigenvalue weighted by Crippen LogP contribution is -2.72. The summed E-state index contributed by atoms with van der Waals surface area (Å²) in [5.41, 5.74) is 3.14. The molecule has 0 spiro atoms. The van der Waals surface area contributed by atoms with E-state index in [0.717, 1.165) is 18.7 Å². The van der Waals surface area contributed by atoms with E-state index in [4.69, 9.17) is 9.47 Å². The van der Waals surface area contributed by atoms with Crippen LogP contribution in [-0.2, 0) is 16.6 Å². The molecule has 1 aromatic carbocycles. The van der Waals surface area contributed by atoms with Crippen LogP contribution in [0.1, 0.15) is 43.2 Å². The second kappa shape index (κ2) is 4.72. The van der Waals surface area contributed by atoms with Crippen molar-refractivity contribution in [3.05, 3.63) is 29.3 Å². The quantitative estimate of drug-likeness (QED) is 0.907. The molecule has 114 valence electrons. The van der Waals surface area contributed by atoms with Crippen LogP contribution in [0.2, 0.25) is 0 Å². The molecule has 1 saturated heterocycles. The Morgan fingerprint density at radius 2 is 2.00 bits per heavy atom. The van der Waals surface area contributed by atoms with E-state index < -0.39 is 0 Å². The van der Waals surface area contributed by atoms with E-state index >= 15 is 0 Å². The van der Waals surface area contributed by atoms with Gasteiger partial charge in [-0.25, -0.2) is 0 Å². The lowest BCUT2D eigenvalue weighted by molar-refractivity contribution is -0.149. The summed E-state index contributed by atoms with van der Waals surface area (Å²) in [4.78, 5) is 0. The van der Waals surface area contributed by atoms with Gasteiger partial charge in [-0.2, -0.15) is 0 Å². The molecule has 2 aliphatic carbocycles. The Hall–Kier alpha value is -1.06. The van der Waals surface area contributed by atoms with Crippen LogP contribution in [0.3, 0.4) is 0 Å². The first-order chi connectivity index (χ1) is 10.3. The minimum Gasteiger partial charge on any atom is -0.497 e. The average Bonchev–Trinajstić information content (AvgIpc) is 2.54. The fourth-order valence-corrected chi connectivity index (χ4v) is 5.43. The third-order valence-electron chi connectivity index (χ3n) is 6.34. The average molecular weight is 287 g/mol. The highest BCUT2D eigenvalue weighted by atomic mass is 16.5. The Morgan fingerprint density at radius 1 is 1.14 bits per heavy atom. The van der Waals surface area contributed by atoms with Gasteiger partial charge in [-0.1, -0.05) is 18.9 Å². The number of hydrogen-bond donors (Lipinski definition) is 1. The van der Waals surface area contributed by atoms with Crippen LogP contribution < -0.4 is 10.1 Å². The maximum Gasteiger partial charge on any atom is 0.119 e. The molecule has 0 unspecified atom stereocenters. The zero-order valence-corrected chi connectivity index (χ0v) is 13.1. The number of rotatable bonds is 2. The Bertz CT molecular complexity index is 554. The Labute approximate surface area is 127 Å². The summed E-state index contributed by atoms with van der Waals surface area (Å²) in [6, 6.07) is 7.12. The summed E-state index contributed by atoms with van der Waals surface area (Å²) in [6.07, 6.45) is 7.28. The van der Waals surface area contributed by atoms with Gasteiger partial charge < -0.3 is 14.8 Å². The molecule has 1 saturated carbocycles. The van der Waals surface area contributed by atoms with Gasteiger partial charge in [0.2, 0.25) is 0 Å². The molecule has 3 aliphatic rings. The van der Waals surface area contributed by atoms with Gasteiger partial charge in [-0.15, -0.1) is 0 Å². The smallest absolute Gasteiger partial charge is 0.119 e. The van der Waals surface area contributed by atoms with Crippen molar-refractivity contribution in [1.29, 1.82) is 0 Å². The van der Waals surface area contributed by atoms with Crippen LogP contribution in [0, 0.1) is 0 Å². The van der Waals surface area contributed by atoms with Crippen LogP contribution in [0.15, 0.2) is 18.2 Å². The predicted octanol–water partition coefficient (Wildman–Crippen LogP) is 2.81. The number of fused-ring (bicyclic) bond motifs is 1. The minimum atomic E-state index is -0.0249. The van der Waals surface area contributed by atoms with Gasteiger partial charge in [0.05, 0.1) is 12.7 Å². The first-order valence-corrected chi connectivity index (χ1v) is 8.22. The lowest BCUT2D eigenvalue weighted by atomic mass is 9.50. The summed E-state index contributed by atoms with van der Waals surface area (Å²) in [6.45, 7) is 1.10. The van der Waals surface area contributed by atoms with E-state index in [-0.39, 0.29) is 11.0 Å². The number of piperidine rings is 1. The molecule has 0 radical (unpaired) electrons. The van der Waals surface area contributed by atoms with Crippen molar-refractivity contribution >= 4 is 0 Å². The Kier molecular flexibility index (Phi) is 3.05. The molecule has 3 atom stereocenters. The number of benzene rings is 1. The molecule has 0 amide bonds. The van der Waals surface area contributed by atoms with Crippen molar-refractivity contribution in [1.82, 2.24) is 5.32 Å². The molecule has 1 N–H and O–H groups in total. The SMILES string of the molecule is COc1ccc2c(c1)[C@@]13CCCC[C@@]1(OC)[C@@H](C2)NCC3. The van der Waals surface area contributed by atoms with Crippen molar-refractivity contribution in [3.8, 4) is 5.75 Å². The number of methoxy groups -OCH3 is 2. The highest BCUT2D eigenvalue weighted by molar-refractivity contribution is 5.48. The molecular weight excluding hydrogens is 262 g/mol. The van der Waals surface area contributed by atoms with Crippen LogP contribution in [0.25, 0.3) is 0 Å². The molecule has 3 nitrogen and oxygen atoms in total. The maximum absolute atomic E-state index is 6.27. The highest BCUT2D eigenvalue weighted by Crippen LogP contribution is 2.58. The largest absolute Gasteiger partial charge is 0.497 e. The summed E-state index contributed by atoms with van der Waals surface area (Å²) >= 11 is 0. The highest BCUT2D eigenvalue weighted by Gasteiger charge is 2.62. The molecule has 3 heteroatoms. The second-order valence-electron chi connectivity index (χ2n) is 6.87. The number of ether oxygens (including phenoxy) is 2. The lowest BCUT2D eigenvalue weighted by Gasteiger charge is -2.62. The molecule has 2 fully saturated rings. The fourth-order valence-electron chi connectivity index (χ4n) is 5.43. The van der Waals surface area contributed by atoms with Gasteiger partial charge in [0.25, 0.3) is 0 Å². The number of nitrogens with one attached hydrogen (secondary N) is 1. The monoisotopic (exact) mass is 287 g/mol. The van der Waals surface area contributed by atoms with Crippen LogP contribution in [0.5, 0.6) is 5.75 Å². The molecule has 0 aromatic heterocycles. The van der Waals surface area contributed by atoms with Crippen LogP contribution >= 0.6 is 0 Å². The summed E-state index contributed by atoms with van der Waals surface area (Å²) < 4.78 is 11.8. The summed E-state index contributed by atoms with van der Waals surface area (Å²) in [7, 11) is 3.68. The third kappa shape index (κ3) is 1.62. The van der Waals surface area contributed by atoms with Crippen molar-refractivity contribution in [2.75, 3.05) is 20.8 Å². The fraction of sp³-hybridized carbons (Fsp3) is 0.667. The number of hydrogen-bond acceptors (Lipinski definition) is 3. The zero-order valence-electron chi connectivity index (χ0n) is 13.1. The molecule has 1 aliphatic heterocycles. The summed E-state index contributed by atoms with van der Waals surface area (Å²) in [5.74, 6) is 0.982. The molecule has 4 rings (SSSR count). The van der Waals surface area contributed by atoms with Crippen LogP contribution in [0.4, 0.5) is 0 Å².